The summed E-state index contributed by atoms with van der Waals surface area (Å²) in [5, 5.41) is 17.7. The first kappa shape index (κ1) is 12.2. The number of hydrogen-bond donors (Lipinski definition) is 2. The molecule has 85 valence electrons. The third kappa shape index (κ3) is 2.83. The SMILES string of the molecule is C[Si](C)Oc1ccc(C(=O)O)c(C(=O)O)c1. The molecule has 0 aliphatic carbocycles. The predicted molar refractivity (Wildman–Crippen MR) is 58.5 cm³/mol. The fourth-order valence-electron chi connectivity index (χ4n) is 1.19. The van der Waals surface area contributed by atoms with Gasteiger partial charge in [-0.25, -0.2) is 9.59 Å². The molecule has 0 saturated heterocycles. The standard InChI is InChI=1S/C10H11O5Si/c1-16(2)15-6-3-4-7(9(11)12)8(5-6)10(13)14/h3-5H,1-2H3,(H,11,12)(H,13,14). The maximum absolute atomic E-state index is 10.9. The Balaban J connectivity index is 3.17. The molecule has 1 rings (SSSR count). The first-order valence-corrected chi connectivity index (χ1v) is 6.91. The summed E-state index contributed by atoms with van der Waals surface area (Å²) in [5.74, 6) is -2.15. The van der Waals surface area contributed by atoms with E-state index in [4.69, 9.17) is 14.6 Å². The monoisotopic (exact) mass is 239 g/mol. The first-order chi connectivity index (χ1) is 7.41. The van der Waals surface area contributed by atoms with Crippen LogP contribution in [0.25, 0.3) is 0 Å². The Hall–Kier alpha value is -1.82. The fraction of sp³-hybridized carbons (Fsp3) is 0.200. The van der Waals surface area contributed by atoms with Gasteiger partial charge in [-0.05, 0) is 31.3 Å². The molecule has 16 heavy (non-hydrogen) atoms. The average Bonchev–Trinajstić information content (AvgIpc) is 2.16. The van der Waals surface area contributed by atoms with E-state index in [-0.39, 0.29) is 11.1 Å². The number of carbonyl (C=O) groups is 2. The van der Waals surface area contributed by atoms with Crippen LogP contribution in [0.4, 0.5) is 0 Å². The van der Waals surface area contributed by atoms with Crippen LogP contribution >= 0.6 is 0 Å². The average molecular weight is 239 g/mol. The van der Waals surface area contributed by atoms with E-state index in [0.29, 0.717) is 5.75 Å². The normalized spacial score (nSPS) is 10.2. The summed E-state index contributed by atoms with van der Waals surface area (Å²) in [5.41, 5.74) is -0.492. The third-order valence-corrected chi connectivity index (χ3v) is 2.42. The summed E-state index contributed by atoms with van der Waals surface area (Å²) in [7, 11) is -1.00. The van der Waals surface area contributed by atoms with Crippen LogP contribution in [0.15, 0.2) is 18.2 Å². The molecule has 0 aliphatic rings. The van der Waals surface area contributed by atoms with Gasteiger partial charge in [0.2, 0.25) is 0 Å². The van der Waals surface area contributed by atoms with Crippen LogP contribution in [-0.2, 0) is 0 Å². The highest BCUT2D eigenvalue weighted by Crippen LogP contribution is 2.18. The van der Waals surface area contributed by atoms with Crippen LogP contribution < -0.4 is 4.43 Å². The zero-order valence-corrected chi connectivity index (χ0v) is 9.85. The van der Waals surface area contributed by atoms with Crippen molar-refractivity contribution in [3.8, 4) is 5.75 Å². The number of benzene rings is 1. The Kier molecular flexibility index (Phi) is 3.67. The predicted octanol–water partition coefficient (Wildman–Crippen LogP) is 1.71. The fourth-order valence-corrected chi connectivity index (χ4v) is 1.78. The van der Waals surface area contributed by atoms with Crippen molar-refractivity contribution in [3.05, 3.63) is 29.3 Å². The van der Waals surface area contributed by atoms with Gasteiger partial charge in [-0.1, -0.05) is 0 Å². The topological polar surface area (TPSA) is 83.8 Å². The molecule has 5 nitrogen and oxygen atoms in total. The van der Waals surface area contributed by atoms with Crippen LogP contribution in [-0.4, -0.2) is 31.2 Å². The summed E-state index contributed by atoms with van der Waals surface area (Å²) in [6.07, 6.45) is 0. The quantitative estimate of drug-likeness (QED) is 0.781. The van der Waals surface area contributed by atoms with E-state index in [2.05, 4.69) is 0 Å². The number of rotatable bonds is 4. The highest BCUT2D eigenvalue weighted by Gasteiger charge is 2.17. The Morgan fingerprint density at radius 2 is 1.69 bits per heavy atom. The lowest BCUT2D eigenvalue weighted by atomic mass is 10.1. The summed E-state index contributed by atoms with van der Waals surface area (Å²) in [6.45, 7) is 3.80. The van der Waals surface area contributed by atoms with Crippen molar-refractivity contribution in [1.82, 2.24) is 0 Å². The van der Waals surface area contributed by atoms with E-state index in [1.165, 1.54) is 18.2 Å². The molecule has 0 unspecified atom stereocenters. The maximum Gasteiger partial charge on any atom is 0.336 e. The lowest BCUT2D eigenvalue weighted by Crippen LogP contribution is -2.13. The molecule has 0 amide bonds. The van der Waals surface area contributed by atoms with Crippen molar-refractivity contribution in [3.63, 3.8) is 0 Å². The first-order valence-electron chi connectivity index (χ1n) is 4.50. The van der Waals surface area contributed by atoms with Gasteiger partial charge < -0.3 is 14.6 Å². The van der Waals surface area contributed by atoms with Crippen molar-refractivity contribution in [1.29, 1.82) is 0 Å². The Bertz CT molecular complexity index is 427. The number of hydrogen-bond acceptors (Lipinski definition) is 3. The van der Waals surface area contributed by atoms with Crippen molar-refractivity contribution < 1.29 is 24.2 Å². The molecular formula is C10H11O5Si. The molecule has 6 heteroatoms. The number of carboxylic acids is 2. The molecule has 0 fully saturated rings. The van der Waals surface area contributed by atoms with Crippen molar-refractivity contribution in [2.75, 3.05) is 0 Å². The van der Waals surface area contributed by atoms with Crippen LogP contribution in [0.3, 0.4) is 0 Å². The lowest BCUT2D eigenvalue weighted by molar-refractivity contribution is 0.0651. The summed E-state index contributed by atoms with van der Waals surface area (Å²) < 4.78 is 5.39. The Labute approximate surface area is 94.0 Å². The largest absolute Gasteiger partial charge is 0.543 e. The van der Waals surface area contributed by atoms with Gasteiger partial charge >= 0.3 is 11.9 Å². The van der Waals surface area contributed by atoms with E-state index in [1.807, 2.05) is 13.1 Å². The van der Waals surface area contributed by atoms with Crippen LogP contribution in [0.5, 0.6) is 5.75 Å². The number of aromatic carboxylic acids is 2. The van der Waals surface area contributed by atoms with Crippen LogP contribution in [0.1, 0.15) is 20.7 Å². The lowest BCUT2D eigenvalue weighted by Gasteiger charge is -2.10. The van der Waals surface area contributed by atoms with Crippen molar-refractivity contribution in [2.45, 2.75) is 13.1 Å². The molecule has 1 radical (unpaired) electrons. The van der Waals surface area contributed by atoms with E-state index in [0.717, 1.165) is 0 Å². The van der Waals surface area contributed by atoms with Gasteiger partial charge in [-0.2, -0.15) is 0 Å². The van der Waals surface area contributed by atoms with E-state index >= 15 is 0 Å². The Morgan fingerprint density at radius 3 is 2.12 bits per heavy atom. The molecule has 0 bridgehead atoms. The van der Waals surface area contributed by atoms with Gasteiger partial charge in [-0.15, -0.1) is 0 Å². The van der Waals surface area contributed by atoms with Crippen molar-refractivity contribution >= 4 is 21.0 Å². The minimum absolute atomic E-state index is 0.235. The zero-order chi connectivity index (χ0) is 12.3. The second-order valence-corrected chi connectivity index (χ2v) is 5.35. The minimum Gasteiger partial charge on any atom is -0.543 e. The molecule has 0 atom stereocenters. The van der Waals surface area contributed by atoms with Gasteiger partial charge in [-0.3, -0.25) is 0 Å². The van der Waals surface area contributed by atoms with Crippen LogP contribution in [0, 0.1) is 0 Å². The summed E-state index contributed by atoms with van der Waals surface area (Å²) in [4.78, 5) is 21.6. The summed E-state index contributed by atoms with van der Waals surface area (Å²) >= 11 is 0. The Morgan fingerprint density at radius 1 is 1.12 bits per heavy atom. The van der Waals surface area contributed by atoms with Crippen LogP contribution in [0.2, 0.25) is 13.1 Å². The van der Waals surface area contributed by atoms with E-state index in [1.54, 1.807) is 0 Å². The van der Waals surface area contributed by atoms with Gasteiger partial charge in [0, 0.05) is 0 Å². The molecule has 2 N–H and O–H groups in total. The van der Waals surface area contributed by atoms with Gasteiger partial charge in [0.05, 0.1) is 11.1 Å². The van der Waals surface area contributed by atoms with Gasteiger partial charge in [0.1, 0.15) is 5.75 Å². The smallest absolute Gasteiger partial charge is 0.336 e. The van der Waals surface area contributed by atoms with Gasteiger partial charge in [0.15, 0.2) is 0 Å². The third-order valence-electron chi connectivity index (χ3n) is 1.77. The maximum atomic E-state index is 10.9. The molecule has 1 aromatic rings. The highest BCUT2D eigenvalue weighted by molar-refractivity contribution is 6.49. The van der Waals surface area contributed by atoms with Crippen molar-refractivity contribution in [2.24, 2.45) is 0 Å². The molecule has 0 aliphatic heterocycles. The van der Waals surface area contributed by atoms with E-state index < -0.39 is 21.0 Å². The van der Waals surface area contributed by atoms with E-state index in [9.17, 15) is 9.59 Å². The molecule has 0 heterocycles. The molecule has 0 aromatic heterocycles. The zero-order valence-electron chi connectivity index (χ0n) is 8.85. The van der Waals surface area contributed by atoms with Gasteiger partial charge in [0.25, 0.3) is 9.04 Å². The second-order valence-electron chi connectivity index (χ2n) is 3.33. The molecule has 0 spiro atoms. The molecule has 1 aromatic carbocycles. The molecular weight excluding hydrogens is 228 g/mol. The second kappa shape index (κ2) is 4.80. The minimum atomic E-state index is -1.27. The highest BCUT2D eigenvalue weighted by atomic mass is 28.3. The molecule has 0 saturated carbocycles. The number of carboxylic acid groups (broad SMARTS) is 2. The summed E-state index contributed by atoms with van der Waals surface area (Å²) in [6, 6.07) is 3.95.